The molecule has 0 aromatic heterocycles. The van der Waals surface area contributed by atoms with Gasteiger partial charge in [-0.2, -0.15) is 8.78 Å². The number of nitrogens with zero attached hydrogens (tertiary/aromatic N) is 1. The maximum absolute atomic E-state index is 15.7. The number of nitrogens with one attached hydrogen (secondary N) is 3. The fraction of sp³-hybridized carbons (Fsp3) is 0.586. The number of alkyl halides is 2. The number of unbranched alkanes of at least 4 members (excludes halogenated alkanes) is 2. The Balaban J connectivity index is 1.69. The van der Waals surface area contributed by atoms with Crippen LogP contribution in [0.25, 0.3) is 0 Å². The van der Waals surface area contributed by atoms with E-state index in [1.165, 1.54) is 29.2 Å². The molecule has 3 rings (SSSR count). The second-order valence-corrected chi connectivity index (χ2v) is 11.2. The number of hydrogen-bond acceptors (Lipinski definition) is 6. The lowest BCUT2D eigenvalue weighted by Crippen LogP contribution is -2.52. The van der Waals surface area contributed by atoms with Crippen LogP contribution in [0.15, 0.2) is 41.0 Å². The van der Waals surface area contributed by atoms with E-state index >= 15 is 4.39 Å². The molecular formula is C29H39F3N4O5. The van der Waals surface area contributed by atoms with Crippen LogP contribution >= 0.6 is 0 Å². The monoisotopic (exact) mass is 580 g/mol. The lowest BCUT2D eigenvalue weighted by molar-refractivity contribution is -0.132. The van der Waals surface area contributed by atoms with E-state index in [1.54, 1.807) is 19.9 Å². The quantitative estimate of drug-likeness (QED) is 0.313. The van der Waals surface area contributed by atoms with E-state index in [0.717, 1.165) is 25.7 Å². The minimum Gasteiger partial charge on any atom is -0.442 e. The Bertz CT molecular complexity index is 1230. The van der Waals surface area contributed by atoms with Crippen LogP contribution in [-0.2, 0) is 9.53 Å². The third-order valence-corrected chi connectivity index (χ3v) is 7.67. The van der Waals surface area contributed by atoms with E-state index in [9.17, 15) is 28.0 Å². The van der Waals surface area contributed by atoms with Crippen molar-refractivity contribution in [2.24, 2.45) is 0 Å². The lowest BCUT2D eigenvalue weighted by Gasteiger charge is -2.43. The summed E-state index contributed by atoms with van der Waals surface area (Å²) in [6, 6.07) is 5.77. The molecule has 1 aromatic rings. The zero-order chi connectivity index (χ0) is 30.4. The van der Waals surface area contributed by atoms with Crippen LogP contribution in [-0.4, -0.2) is 65.5 Å². The molecule has 3 N–H and O–H groups in total. The third-order valence-electron chi connectivity index (χ3n) is 7.67. The molecule has 2 aliphatic rings. The fourth-order valence-corrected chi connectivity index (χ4v) is 5.02. The SMILES string of the molecule is CCCCCC(C)NC(=O)c1cccc(NC2(C)CCC(C)(N3C[C@H](CNC(=O)C(F)F)OC3=O)C=C2F)c(=O)c1. The average molecular weight is 581 g/mol. The fourth-order valence-electron chi connectivity index (χ4n) is 5.02. The van der Waals surface area contributed by atoms with Crippen LogP contribution in [0.3, 0.4) is 0 Å². The highest BCUT2D eigenvalue weighted by atomic mass is 19.3. The Labute approximate surface area is 237 Å². The predicted molar refractivity (Wildman–Crippen MR) is 149 cm³/mol. The first kappa shape index (κ1) is 32.0. The van der Waals surface area contributed by atoms with E-state index < -0.39 is 46.9 Å². The van der Waals surface area contributed by atoms with Gasteiger partial charge in [-0.3, -0.25) is 19.3 Å². The summed E-state index contributed by atoms with van der Waals surface area (Å²) in [5, 5.41) is 7.92. The summed E-state index contributed by atoms with van der Waals surface area (Å²) in [7, 11) is 0. The van der Waals surface area contributed by atoms with Gasteiger partial charge in [0.15, 0.2) is 0 Å². The van der Waals surface area contributed by atoms with Gasteiger partial charge in [-0.1, -0.05) is 32.3 Å². The van der Waals surface area contributed by atoms with Crippen LogP contribution in [0.4, 0.5) is 23.7 Å². The number of carbonyl (C=O) groups is 3. The summed E-state index contributed by atoms with van der Waals surface area (Å²) >= 11 is 0. The highest BCUT2D eigenvalue weighted by Gasteiger charge is 2.48. The molecule has 1 aliphatic heterocycles. The molecule has 41 heavy (non-hydrogen) atoms. The largest absolute Gasteiger partial charge is 0.442 e. The molecule has 0 saturated carbocycles. The van der Waals surface area contributed by atoms with Crippen LogP contribution in [0.5, 0.6) is 0 Å². The number of halogens is 3. The molecular weight excluding hydrogens is 541 g/mol. The zero-order valence-electron chi connectivity index (χ0n) is 23.9. The molecule has 1 aromatic carbocycles. The number of anilines is 1. The Morgan fingerprint density at radius 2 is 1.90 bits per heavy atom. The highest BCUT2D eigenvalue weighted by molar-refractivity contribution is 5.94. The van der Waals surface area contributed by atoms with Crippen LogP contribution < -0.4 is 21.4 Å². The van der Waals surface area contributed by atoms with Gasteiger partial charge in [-0.25, -0.2) is 9.18 Å². The number of ether oxygens (including phenoxy) is 1. The minimum absolute atomic E-state index is 0.0198. The van der Waals surface area contributed by atoms with Gasteiger partial charge >= 0.3 is 12.5 Å². The first-order chi connectivity index (χ1) is 19.3. The second-order valence-electron chi connectivity index (χ2n) is 11.2. The number of cyclic esters (lactones) is 1. The molecule has 0 radical (unpaired) electrons. The molecule has 1 aliphatic carbocycles. The van der Waals surface area contributed by atoms with Crippen molar-refractivity contribution in [3.8, 4) is 0 Å². The minimum atomic E-state index is -3.18. The molecule has 4 atom stereocenters. The molecule has 1 heterocycles. The molecule has 3 unspecified atom stereocenters. The maximum Gasteiger partial charge on any atom is 0.411 e. The standard InChI is InChI=1S/C29H39F3N4O5/c1-5-6-7-9-18(2)34-25(38)19-10-8-11-21(22(37)14-19)35-29(4)13-12-28(3,15-23(29)30)36-17-20(41-27(36)40)16-33-26(39)24(31)32/h8,10-11,14-15,18,20,24H,5-7,9,12-13,16-17H2,1-4H3,(H,33,39)(H,34,38)(H,35,37)/t18?,20-,28?,29?/m0/s1. The van der Waals surface area contributed by atoms with Crippen molar-refractivity contribution >= 4 is 23.6 Å². The number of carbonyl (C=O) groups excluding carboxylic acids is 3. The van der Waals surface area contributed by atoms with Crippen molar-refractivity contribution in [1.29, 1.82) is 0 Å². The maximum atomic E-state index is 15.7. The Hall–Kier alpha value is -3.57. The molecule has 1 fully saturated rings. The summed E-state index contributed by atoms with van der Waals surface area (Å²) in [5.74, 6) is -2.42. The van der Waals surface area contributed by atoms with Crippen LogP contribution in [0.2, 0.25) is 0 Å². The average Bonchev–Trinajstić information content (AvgIpc) is 3.19. The highest BCUT2D eigenvalue weighted by Crippen LogP contribution is 2.41. The van der Waals surface area contributed by atoms with Crippen molar-refractivity contribution in [2.75, 3.05) is 18.4 Å². The van der Waals surface area contributed by atoms with E-state index in [1.807, 2.05) is 12.2 Å². The molecule has 0 bridgehead atoms. The van der Waals surface area contributed by atoms with Crippen LogP contribution in [0.1, 0.15) is 76.6 Å². The Kier molecular flexibility index (Phi) is 10.4. The second kappa shape index (κ2) is 13.4. The van der Waals surface area contributed by atoms with Crippen molar-refractivity contribution < 1.29 is 32.3 Å². The first-order valence-electron chi connectivity index (χ1n) is 13.9. The Morgan fingerprint density at radius 3 is 2.56 bits per heavy atom. The van der Waals surface area contributed by atoms with Crippen molar-refractivity contribution in [3.05, 3.63) is 52.0 Å². The van der Waals surface area contributed by atoms with E-state index in [2.05, 4.69) is 17.6 Å². The molecule has 0 spiro atoms. The predicted octanol–water partition coefficient (Wildman–Crippen LogP) is 4.52. The number of rotatable bonds is 12. The van der Waals surface area contributed by atoms with Gasteiger partial charge in [-0.05, 0) is 58.2 Å². The molecule has 12 heteroatoms. The third kappa shape index (κ3) is 8.01. The van der Waals surface area contributed by atoms with Crippen LogP contribution in [0, 0.1) is 0 Å². The molecule has 1 saturated heterocycles. The number of hydrogen-bond donors (Lipinski definition) is 3. The summed E-state index contributed by atoms with van der Waals surface area (Å²) in [6.07, 6.45) is 0.989. The zero-order valence-corrected chi connectivity index (χ0v) is 23.9. The molecule has 3 amide bonds. The van der Waals surface area contributed by atoms with E-state index in [-0.39, 0.29) is 42.7 Å². The first-order valence-corrected chi connectivity index (χ1v) is 13.9. The van der Waals surface area contributed by atoms with Gasteiger partial charge in [0.1, 0.15) is 11.9 Å². The van der Waals surface area contributed by atoms with Gasteiger partial charge in [-0.15, -0.1) is 0 Å². The molecule has 226 valence electrons. The van der Waals surface area contributed by atoms with Crippen molar-refractivity contribution in [2.45, 2.75) is 95.9 Å². The lowest BCUT2D eigenvalue weighted by atomic mass is 9.78. The van der Waals surface area contributed by atoms with Gasteiger partial charge in [0.2, 0.25) is 5.43 Å². The van der Waals surface area contributed by atoms with Gasteiger partial charge in [0.05, 0.1) is 29.9 Å². The summed E-state index contributed by atoms with van der Waals surface area (Å²) in [4.78, 5) is 50.7. The van der Waals surface area contributed by atoms with Crippen molar-refractivity contribution in [3.63, 3.8) is 0 Å². The van der Waals surface area contributed by atoms with Gasteiger partial charge in [0.25, 0.3) is 11.8 Å². The summed E-state index contributed by atoms with van der Waals surface area (Å²) < 4.78 is 45.7. The smallest absolute Gasteiger partial charge is 0.411 e. The van der Waals surface area contributed by atoms with Gasteiger partial charge < -0.3 is 20.7 Å². The number of amides is 3. The normalized spacial score (nSPS) is 24.9. The Morgan fingerprint density at radius 1 is 1.17 bits per heavy atom. The summed E-state index contributed by atoms with van der Waals surface area (Å²) in [6.45, 7) is 6.97. The van der Waals surface area contributed by atoms with E-state index in [4.69, 9.17) is 4.74 Å². The molecule has 9 nitrogen and oxygen atoms in total. The van der Waals surface area contributed by atoms with E-state index in [0.29, 0.717) is 6.42 Å². The topological polar surface area (TPSA) is 117 Å². The van der Waals surface area contributed by atoms with Gasteiger partial charge in [0, 0.05) is 17.7 Å². The van der Waals surface area contributed by atoms with Crippen molar-refractivity contribution in [1.82, 2.24) is 15.5 Å². The summed E-state index contributed by atoms with van der Waals surface area (Å²) in [5.41, 5.74) is -2.50.